The Kier molecular flexibility index (Phi) is 5.44. The summed E-state index contributed by atoms with van der Waals surface area (Å²) >= 11 is 5.67. The molecule has 20 heavy (non-hydrogen) atoms. The van der Waals surface area contributed by atoms with E-state index in [9.17, 15) is 4.79 Å². The zero-order valence-electron chi connectivity index (χ0n) is 11.0. The van der Waals surface area contributed by atoms with E-state index in [1.807, 2.05) is 54.6 Å². The Morgan fingerprint density at radius 1 is 1.05 bits per heavy atom. The maximum absolute atomic E-state index is 11.7. The number of halogens is 1. The van der Waals surface area contributed by atoms with Crippen LogP contribution in [0.2, 0.25) is 0 Å². The van der Waals surface area contributed by atoms with Crippen LogP contribution in [-0.4, -0.2) is 18.4 Å². The molecule has 0 aliphatic heterocycles. The number of carbonyl (C=O) groups is 1. The molecule has 0 aromatic heterocycles. The molecule has 0 bridgehead atoms. The van der Waals surface area contributed by atoms with E-state index < -0.39 is 0 Å². The highest BCUT2D eigenvalue weighted by Crippen LogP contribution is 2.11. The minimum absolute atomic E-state index is 0.00650. The fourth-order valence-corrected chi connectivity index (χ4v) is 1.94. The van der Waals surface area contributed by atoms with Crippen LogP contribution >= 0.6 is 11.6 Å². The third-order valence-electron chi connectivity index (χ3n) is 2.73. The average molecular weight is 290 g/mol. The number of benzene rings is 2. The summed E-state index contributed by atoms with van der Waals surface area (Å²) in [6, 6.07) is 16.9. The lowest BCUT2D eigenvalue weighted by atomic mass is 10.1. The number of ether oxygens (including phenoxy) is 1. The molecule has 0 atom stereocenters. The van der Waals surface area contributed by atoms with Gasteiger partial charge in [0.25, 0.3) is 5.91 Å². The Bertz CT molecular complexity index is 540. The summed E-state index contributed by atoms with van der Waals surface area (Å²) in [6.07, 6.45) is 0.826. The number of amides is 1. The fraction of sp³-hybridized carbons (Fsp3) is 0.188. The van der Waals surface area contributed by atoms with Crippen molar-refractivity contribution in [1.29, 1.82) is 0 Å². The summed E-state index contributed by atoms with van der Waals surface area (Å²) in [5.41, 5.74) is 1.91. The summed E-state index contributed by atoms with van der Waals surface area (Å²) in [4.78, 5) is 11.7. The monoisotopic (exact) mass is 289 g/mol. The van der Waals surface area contributed by atoms with Crippen LogP contribution in [0.3, 0.4) is 0 Å². The molecule has 3 nitrogen and oxygen atoms in total. The summed E-state index contributed by atoms with van der Waals surface area (Å²) in [5.74, 6) is 1.09. The molecular weight excluding hydrogens is 274 g/mol. The molecule has 104 valence electrons. The zero-order chi connectivity index (χ0) is 14.2. The molecule has 0 saturated carbocycles. The van der Waals surface area contributed by atoms with Gasteiger partial charge in [-0.3, -0.25) is 4.79 Å². The van der Waals surface area contributed by atoms with Gasteiger partial charge in [0.1, 0.15) is 5.75 Å². The minimum atomic E-state index is -0.182. The molecule has 0 aliphatic rings. The van der Waals surface area contributed by atoms with Gasteiger partial charge in [0.05, 0.1) is 0 Å². The Morgan fingerprint density at radius 2 is 1.75 bits per heavy atom. The second-order valence-electron chi connectivity index (χ2n) is 4.29. The van der Waals surface area contributed by atoms with Gasteiger partial charge in [-0.1, -0.05) is 30.3 Å². The van der Waals surface area contributed by atoms with E-state index in [1.54, 1.807) is 0 Å². The van der Waals surface area contributed by atoms with Gasteiger partial charge in [0.2, 0.25) is 0 Å². The molecule has 2 rings (SSSR count). The van der Waals surface area contributed by atoms with Gasteiger partial charge in [-0.2, -0.15) is 0 Å². The zero-order valence-corrected chi connectivity index (χ0v) is 11.8. The molecular formula is C16H16ClNO2. The van der Waals surface area contributed by atoms with Crippen LogP contribution in [0.25, 0.3) is 0 Å². The van der Waals surface area contributed by atoms with Gasteiger partial charge in [-0.25, -0.2) is 0 Å². The summed E-state index contributed by atoms with van der Waals surface area (Å²) in [5, 5.41) is 2.78. The first-order valence-electron chi connectivity index (χ1n) is 6.40. The van der Waals surface area contributed by atoms with Gasteiger partial charge in [-0.05, 0) is 36.2 Å². The molecule has 0 heterocycles. The van der Waals surface area contributed by atoms with Gasteiger partial charge in [0, 0.05) is 11.6 Å². The van der Waals surface area contributed by atoms with Crippen LogP contribution in [0, 0.1) is 0 Å². The Labute approximate surface area is 123 Å². The molecule has 0 saturated heterocycles. The van der Waals surface area contributed by atoms with Crippen molar-refractivity contribution < 1.29 is 9.53 Å². The standard InChI is InChI=1S/C16H16ClNO2/c17-11-10-13-6-8-14(9-7-13)18-16(19)12-20-15-4-2-1-3-5-15/h1-9H,10-12H2,(H,18,19). The maximum Gasteiger partial charge on any atom is 0.262 e. The topological polar surface area (TPSA) is 38.3 Å². The van der Waals surface area contributed by atoms with Gasteiger partial charge < -0.3 is 10.1 Å². The third kappa shape index (κ3) is 4.59. The molecule has 4 heteroatoms. The van der Waals surface area contributed by atoms with Crippen LogP contribution in [0.1, 0.15) is 5.56 Å². The van der Waals surface area contributed by atoms with Crippen molar-refractivity contribution in [2.75, 3.05) is 17.8 Å². The van der Waals surface area contributed by atoms with Crippen LogP contribution in [-0.2, 0) is 11.2 Å². The fourth-order valence-electron chi connectivity index (χ4n) is 1.73. The van der Waals surface area contributed by atoms with E-state index in [0.29, 0.717) is 11.6 Å². The molecule has 2 aromatic rings. The predicted molar refractivity (Wildman–Crippen MR) is 81.4 cm³/mol. The second kappa shape index (κ2) is 7.56. The van der Waals surface area contributed by atoms with E-state index >= 15 is 0 Å². The Morgan fingerprint density at radius 3 is 2.40 bits per heavy atom. The molecule has 2 aromatic carbocycles. The van der Waals surface area contributed by atoms with Crippen LogP contribution in [0.15, 0.2) is 54.6 Å². The number of carbonyl (C=O) groups excluding carboxylic acids is 1. The number of anilines is 1. The van der Waals surface area contributed by atoms with Crippen molar-refractivity contribution in [2.45, 2.75) is 6.42 Å². The van der Waals surface area contributed by atoms with Crippen molar-refractivity contribution in [3.63, 3.8) is 0 Å². The van der Waals surface area contributed by atoms with Gasteiger partial charge in [-0.15, -0.1) is 11.6 Å². The number of nitrogens with one attached hydrogen (secondary N) is 1. The van der Waals surface area contributed by atoms with E-state index in [4.69, 9.17) is 16.3 Å². The molecule has 0 unspecified atom stereocenters. The van der Waals surface area contributed by atoms with Crippen molar-refractivity contribution in [1.82, 2.24) is 0 Å². The second-order valence-corrected chi connectivity index (χ2v) is 4.66. The lowest BCUT2D eigenvalue weighted by Gasteiger charge is -2.08. The molecule has 0 radical (unpaired) electrons. The normalized spacial score (nSPS) is 10.1. The van der Waals surface area contributed by atoms with Crippen LogP contribution < -0.4 is 10.1 Å². The highest BCUT2D eigenvalue weighted by molar-refractivity contribution is 6.17. The minimum Gasteiger partial charge on any atom is -0.484 e. The number of hydrogen-bond donors (Lipinski definition) is 1. The highest BCUT2D eigenvalue weighted by atomic mass is 35.5. The van der Waals surface area contributed by atoms with E-state index in [-0.39, 0.29) is 12.5 Å². The van der Waals surface area contributed by atoms with Crippen LogP contribution in [0.5, 0.6) is 5.75 Å². The van der Waals surface area contributed by atoms with Crippen molar-refractivity contribution in [3.05, 3.63) is 60.2 Å². The lowest BCUT2D eigenvalue weighted by Crippen LogP contribution is -2.20. The predicted octanol–water partition coefficient (Wildman–Crippen LogP) is 3.49. The highest BCUT2D eigenvalue weighted by Gasteiger charge is 2.03. The van der Waals surface area contributed by atoms with E-state index in [2.05, 4.69) is 5.32 Å². The molecule has 0 spiro atoms. The average Bonchev–Trinajstić information content (AvgIpc) is 2.49. The largest absolute Gasteiger partial charge is 0.484 e. The lowest BCUT2D eigenvalue weighted by molar-refractivity contribution is -0.118. The number of para-hydroxylation sites is 1. The quantitative estimate of drug-likeness (QED) is 0.827. The van der Waals surface area contributed by atoms with E-state index in [1.165, 1.54) is 0 Å². The summed E-state index contributed by atoms with van der Waals surface area (Å²) in [7, 11) is 0. The number of aryl methyl sites for hydroxylation is 1. The summed E-state index contributed by atoms with van der Waals surface area (Å²) in [6.45, 7) is -0.00650. The first-order chi connectivity index (χ1) is 9.78. The first-order valence-corrected chi connectivity index (χ1v) is 6.94. The Balaban J connectivity index is 1.82. The van der Waals surface area contributed by atoms with Crippen molar-refractivity contribution in [3.8, 4) is 5.75 Å². The van der Waals surface area contributed by atoms with Gasteiger partial charge >= 0.3 is 0 Å². The number of rotatable bonds is 6. The Hall–Kier alpha value is -2.00. The third-order valence-corrected chi connectivity index (χ3v) is 2.92. The first kappa shape index (κ1) is 14.4. The van der Waals surface area contributed by atoms with Crippen LogP contribution in [0.4, 0.5) is 5.69 Å². The number of alkyl halides is 1. The van der Waals surface area contributed by atoms with E-state index in [0.717, 1.165) is 17.7 Å². The van der Waals surface area contributed by atoms with Gasteiger partial charge in [0.15, 0.2) is 6.61 Å². The molecule has 0 aliphatic carbocycles. The molecule has 1 N–H and O–H groups in total. The molecule has 0 fully saturated rings. The summed E-state index contributed by atoms with van der Waals surface area (Å²) < 4.78 is 5.37. The SMILES string of the molecule is O=C(COc1ccccc1)Nc1ccc(CCCl)cc1. The smallest absolute Gasteiger partial charge is 0.262 e. The van der Waals surface area contributed by atoms with Crippen molar-refractivity contribution >= 4 is 23.2 Å². The maximum atomic E-state index is 11.7. The molecule has 1 amide bonds. The van der Waals surface area contributed by atoms with Crippen molar-refractivity contribution in [2.24, 2.45) is 0 Å². The number of hydrogen-bond acceptors (Lipinski definition) is 2.